The first-order chi connectivity index (χ1) is 28.5. The molecule has 328 valence electrons. The van der Waals surface area contributed by atoms with E-state index in [0.29, 0.717) is 12.8 Å². The number of carboxylic acid groups (broad SMARTS) is 1. The molecule has 0 saturated carbocycles. The molecule has 58 heavy (non-hydrogen) atoms. The van der Waals surface area contributed by atoms with E-state index in [1.807, 2.05) is 0 Å². The zero-order valence-corrected chi connectivity index (χ0v) is 37.1. The first-order valence-electron chi connectivity index (χ1n) is 23.4. The van der Waals surface area contributed by atoms with Crippen molar-refractivity contribution in [2.24, 2.45) is 0 Å². The lowest BCUT2D eigenvalue weighted by atomic mass is 10.0. The lowest BCUT2D eigenvalue weighted by Crippen LogP contribution is -2.28. The second-order valence-electron chi connectivity index (χ2n) is 15.3. The monoisotopic (exact) mass is 804 g/mol. The van der Waals surface area contributed by atoms with E-state index in [2.05, 4.69) is 116 Å². The maximum atomic E-state index is 12.8. The van der Waals surface area contributed by atoms with Gasteiger partial charge in [-0.05, 0) is 122 Å². The van der Waals surface area contributed by atoms with E-state index in [0.717, 1.165) is 135 Å². The van der Waals surface area contributed by atoms with Gasteiger partial charge < -0.3 is 15.2 Å². The van der Waals surface area contributed by atoms with Crippen LogP contribution in [-0.2, 0) is 19.1 Å². The fraction of sp³-hybridized carbons (Fsp3) is 0.635. The largest absolute Gasteiger partial charge is 0.480 e. The van der Waals surface area contributed by atoms with Gasteiger partial charge in [-0.15, -0.1) is 0 Å². The summed E-state index contributed by atoms with van der Waals surface area (Å²) in [6, 6.07) is 0. The Morgan fingerprint density at radius 3 is 1.33 bits per heavy atom. The molecule has 0 fully saturated rings. The summed E-state index contributed by atoms with van der Waals surface area (Å²) < 4.78 is 6.02. The van der Waals surface area contributed by atoms with Gasteiger partial charge in [0.05, 0.1) is 0 Å². The van der Waals surface area contributed by atoms with Crippen molar-refractivity contribution in [2.75, 3.05) is 6.54 Å². The minimum absolute atomic E-state index is 0.0275. The molecule has 0 saturated heterocycles. The zero-order chi connectivity index (χ0) is 42.3. The van der Waals surface area contributed by atoms with Gasteiger partial charge in [0.1, 0.15) is 12.6 Å². The predicted octanol–water partition coefficient (Wildman–Crippen LogP) is 14.9. The third-order valence-corrected chi connectivity index (χ3v) is 9.74. The molecule has 1 amide bonds. The topological polar surface area (TPSA) is 92.7 Å². The molecule has 0 heterocycles. The summed E-state index contributed by atoms with van der Waals surface area (Å²) in [6.07, 6.45) is 65.3. The van der Waals surface area contributed by atoms with E-state index in [1.54, 1.807) is 0 Å². The van der Waals surface area contributed by atoms with Crippen molar-refractivity contribution >= 4 is 17.8 Å². The number of carbonyl (C=O) groups is 3. The number of amides is 1. The van der Waals surface area contributed by atoms with Crippen molar-refractivity contribution in [3.63, 3.8) is 0 Å². The molecule has 2 N–H and O–H groups in total. The number of esters is 1. The van der Waals surface area contributed by atoms with Crippen molar-refractivity contribution < 1.29 is 24.2 Å². The molecule has 0 aliphatic rings. The van der Waals surface area contributed by atoms with E-state index in [4.69, 9.17) is 9.84 Å². The molecule has 0 radical (unpaired) electrons. The molecular weight excluding hydrogens is 719 g/mol. The third-order valence-electron chi connectivity index (χ3n) is 9.74. The van der Waals surface area contributed by atoms with Crippen molar-refractivity contribution in [3.8, 4) is 0 Å². The number of ether oxygens (including phenoxy) is 1. The molecule has 0 rings (SSSR count). The number of unbranched alkanes of at least 4 members (excludes halogenated alkanes) is 14. The molecule has 0 aromatic rings. The van der Waals surface area contributed by atoms with Crippen LogP contribution in [0.3, 0.4) is 0 Å². The molecule has 0 aromatic carbocycles. The predicted molar refractivity (Wildman–Crippen MR) is 249 cm³/mol. The summed E-state index contributed by atoms with van der Waals surface area (Å²) in [4.78, 5) is 35.1. The molecular formula is C52H85NO5. The van der Waals surface area contributed by atoms with Crippen LogP contribution < -0.4 is 5.32 Å². The number of carboxylic acids is 1. The van der Waals surface area contributed by atoms with E-state index in [1.165, 1.54) is 38.5 Å². The summed E-state index contributed by atoms with van der Waals surface area (Å²) in [7, 11) is 0. The Bertz CT molecular complexity index is 1200. The minimum atomic E-state index is -1.02. The Morgan fingerprint density at radius 2 is 0.845 bits per heavy atom. The molecule has 1 unspecified atom stereocenters. The Hall–Kier alpha value is -3.67. The van der Waals surface area contributed by atoms with Crippen LogP contribution in [0.25, 0.3) is 0 Å². The van der Waals surface area contributed by atoms with Crippen molar-refractivity contribution in [1.29, 1.82) is 0 Å². The maximum absolute atomic E-state index is 12.8. The fourth-order valence-electron chi connectivity index (χ4n) is 6.31. The molecule has 0 aliphatic carbocycles. The van der Waals surface area contributed by atoms with Crippen LogP contribution in [0.1, 0.15) is 200 Å². The molecule has 6 heteroatoms. The van der Waals surface area contributed by atoms with Crippen LogP contribution in [0.5, 0.6) is 0 Å². The SMILES string of the molecule is CC/C=C\C/C=C\C/C=C\C/C=C\C/C=C\C/C=C\CCCCC(=O)OC(CCCCC/C=C\C/C=C\CCCCCCC)CCCCCCCC(=O)NCC(=O)O. The maximum Gasteiger partial charge on any atom is 0.322 e. The summed E-state index contributed by atoms with van der Waals surface area (Å²) in [5, 5.41) is 11.1. The quantitative estimate of drug-likeness (QED) is 0.0365. The molecule has 1 atom stereocenters. The standard InChI is InChI=1S/C52H85NO5/c1-3-5-7-9-11-13-15-17-19-20-21-22-23-24-26-28-30-32-34-39-43-47-52(57)58-49(45-41-37-35-38-42-46-50(54)53-48-51(55)56)44-40-36-33-31-29-27-25-18-16-14-12-10-8-6-4-2/h5,7,11,13,16-19,21-22,24,26-27,29-30,32,49H,3-4,6,8-10,12,14-15,20,23,25,28,31,33-48H2,1-2H3,(H,53,54)(H,55,56)/b7-5-,13-11-,18-16-,19-17-,22-21-,26-24-,29-27-,32-30-. The van der Waals surface area contributed by atoms with Crippen LogP contribution in [0.15, 0.2) is 97.2 Å². The van der Waals surface area contributed by atoms with Gasteiger partial charge >= 0.3 is 11.9 Å². The smallest absolute Gasteiger partial charge is 0.322 e. The van der Waals surface area contributed by atoms with Crippen LogP contribution >= 0.6 is 0 Å². The molecule has 0 aliphatic heterocycles. The van der Waals surface area contributed by atoms with Gasteiger partial charge in [0.2, 0.25) is 5.91 Å². The average molecular weight is 804 g/mol. The van der Waals surface area contributed by atoms with E-state index >= 15 is 0 Å². The van der Waals surface area contributed by atoms with Gasteiger partial charge in [0.15, 0.2) is 0 Å². The number of aliphatic carboxylic acids is 1. The molecule has 0 spiro atoms. The number of allylic oxidation sites excluding steroid dienone is 16. The molecule has 0 bridgehead atoms. The summed E-state index contributed by atoms with van der Waals surface area (Å²) >= 11 is 0. The summed E-state index contributed by atoms with van der Waals surface area (Å²) in [5.74, 6) is -1.30. The number of carbonyl (C=O) groups excluding carboxylic acids is 2. The first-order valence-corrected chi connectivity index (χ1v) is 23.4. The highest BCUT2D eigenvalue weighted by molar-refractivity contribution is 5.80. The van der Waals surface area contributed by atoms with Crippen molar-refractivity contribution in [2.45, 2.75) is 206 Å². The number of hydrogen-bond acceptors (Lipinski definition) is 4. The van der Waals surface area contributed by atoms with Crippen molar-refractivity contribution in [1.82, 2.24) is 5.32 Å². The molecule has 0 aromatic heterocycles. The van der Waals surface area contributed by atoms with Crippen LogP contribution in [0, 0.1) is 0 Å². The Labute approximate surface area is 356 Å². The number of nitrogens with one attached hydrogen (secondary N) is 1. The van der Waals surface area contributed by atoms with Gasteiger partial charge in [0, 0.05) is 12.8 Å². The second-order valence-corrected chi connectivity index (χ2v) is 15.3. The Kier molecular flexibility index (Phi) is 43.1. The number of rotatable bonds is 41. The highest BCUT2D eigenvalue weighted by atomic mass is 16.5. The van der Waals surface area contributed by atoms with Crippen LogP contribution in [-0.4, -0.2) is 35.6 Å². The van der Waals surface area contributed by atoms with Gasteiger partial charge in [0.25, 0.3) is 0 Å². The highest BCUT2D eigenvalue weighted by Crippen LogP contribution is 2.18. The minimum Gasteiger partial charge on any atom is -0.480 e. The number of hydrogen-bond donors (Lipinski definition) is 2. The van der Waals surface area contributed by atoms with E-state index in [-0.39, 0.29) is 24.5 Å². The van der Waals surface area contributed by atoms with Gasteiger partial charge in [-0.3, -0.25) is 14.4 Å². The van der Waals surface area contributed by atoms with Crippen LogP contribution in [0.2, 0.25) is 0 Å². The fourth-order valence-corrected chi connectivity index (χ4v) is 6.31. The van der Waals surface area contributed by atoms with Gasteiger partial charge in [-0.1, -0.05) is 162 Å². The lowest BCUT2D eigenvalue weighted by molar-refractivity contribution is -0.150. The summed E-state index contributed by atoms with van der Waals surface area (Å²) in [6.45, 7) is 4.09. The van der Waals surface area contributed by atoms with E-state index in [9.17, 15) is 14.4 Å². The van der Waals surface area contributed by atoms with Gasteiger partial charge in [-0.2, -0.15) is 0 Å². The zero-order valence-electron chi connectivity index (χ0n) is 37.1. The normalized spacial score (nSPS) is 13.0. The van der Waals surface area contributed by atoms with Crippen molar-refractivity contribution in [3.05, 3.63) is 97.2 Å². The van der Waals surface area contributed by atoms with Gasteiger partial charge in [-0.25, -0.2) is 0 Å². The van der Waals surface area contributed by atoms with E-state index < -0.39 is 5.97 Å². The highest BCUT2D eigenvalue weighted by Gasteiger charge is 2.14. The molecule has 6 nitrogen and oxygen atoms in total. The van der Waals surface area contributed by atoms with Crippen LogP contribution in [0.4, 0.5) is 0 Å². The first kappa shape index (κ1) is 54.3. The summed E-state index contributed by atoms with van der Waals surface area (Å²) in [5.41, 5.74) is 0. The second kappa shape index (κ2) is 46.0. The average Bonchev–Trinajstić information content (AvgIpc) is 3.21. The Balaban J connectivity index is 4.33. The third kappa shape index (κ3) is 45.0. The Morgan fingerprint density at radius 1 is 0.466 bits per heavy atom. The lowest BCUT2D eigenvalue weighted by Gasteiger charge is -2.18.